The van der Waals surface area contributed by atoms with Gasteiger partial charge < -0.3 is 24.6 Å². The maximum Gasteiger partial charge on any atom is 0.409 e. The zero-order chi connectivity index (χ0) is 17.2. The van der Waals surface area contributed by atoms with Gasteiger partial charge in [-0.25, -0.2) is 4.79 Å². The standard InChI is InChI=1S/C15H28N4O4/c1-5-16-14(17-11-12(3)13(20)22-4)18-7-9-19(10-8-18)15(21)23-6-2/h12H,5-11H2,1-4H3,(H,16,17). The van der Waals surface area contributed by atoms with Crippen LogP contribution in [0.25, 0.3) is 0 Å². The van der Waals surface area contributed by atoms with E-state index in [0.717, 1.165) is 12.5 Å². The first-order valence-corrected chi connectivity index (χ1v) is 8.06. The minimum absolute atomic E-state index is 0.267. The molecule has 1 amide bonds. The Morgan fingerprint density at radius 2 is 1.78 bits per heavy atom. The summed E-state index contributed by atoms with van der Waals surface area (Å²) in [6.07, 6.45) is -0.270. The number of hydrogen-bond donors (Lipinski definition) is 1. The molecule has 1 atom stereocenters. The molecule has 0 bridgehead atoms. The quantitative estimate of drug-likeness (QED) is 0.450. The second-order valence-electron chi connectivity index (χ2n) is 5.29. The Bertz CT molecular complexity index is 420. The topological polar surface area (TPSA) is 83.5 Å². The van der Waals surface area contributed by atoms with Crippen LogP contribution in [0.1, 0.15) is 20.8 Å². The van der Waals surface area contributed by atoms with E-state index in [-0.39, 0.29) is 18.0 Å². The highest BCUT2D eigenvalue weighted by atomic mass is 16.6. The molecule has 0 aromatic carbocycles. The molecule has 1 unspecified atom stereocenters. The first-order valence-electron chi connectivity index (χ1n) is 8.06. The van der Waals surface area contributed by atoms with Crippen LogP contribution in [-0.4, -0.2) is 80.8 Å². The van der Waals surface area contributed by atoms with Gasteiger partial charge in [0.1, 0.15) is 0 Å². The minimum atomic E-state index is -0.283. The van der Waals surface area contributed by atoms with Crippen LogP contribution in [0, 0.1) is 5.92 Å². The summed E-state index contributed by atoms with van der Waals surface area (Å²) in [6.45, 7) is 9.61. The lowest BCUT2D eigenvalue weighted by Crippen LogP contribution is -2.54. The number of rotatable bonds is 5. The molecular weight excluding hydrogens is 300 g/mol. The van der Waals surface area contributed by atoms with Crippen LogP contribution < -0.4 is 5.32 Å². The molecule has 0 saturated carbocycles. The number of nitrogens with one attached hydrogen (secondary N) is 1. The number of esters is 1. The second kappa shape index (κ2) is 9.91. The summed E-state index contributed by atoms with van der Waals surface area (Å²) in [4.78, 5) is 31.5. The highest BCUT2D eigenvalue weighted by Crippen LogP contribution is 2.06. The van der Waals surface area contributed by atoms with Crippen LogP contribution in [0.5, 0.6) is 0 Å². The van der Waals surface area contributed by atoms with Gasteiger partial charge in [0.15, 0.2) is 5.96 Å². The minimum Gasteiger partial charge on any atom is -0.469 e. The van der Waals surface area contributed by atoms with Crippen LogP contribution in [0.15, 0.2) is 4.99 Å². The molecule has 1 fully saturated rings. The number of nitrogens with zero attached hydrogens (tertiary/aromatic N) is 3. The van der Waals surface area contributed by atoms with Crippen molar-refractivity contribution in [2.24, 2.45) is 10.9 Å². The van der Waals surface area contributed by atoms with E-state index < -0.39 is 0 Å². The summed E-state index contributed by atoms with van der Waals surface area (Å²) in [7, 11) is 1.38. The third-order valence-electron chi connectivity index (χ3n) is 3.56. The highest BCUT2D eigenvalue weighted by Gasteiger charge is 2.24. The van der Waals surface area contributed by atoms with E-state index in [1.54, 1.807) is 18.7 Å². The molecule has 0 aromatic heterocycles. The Morgan fingerprint density at radius 1 is 1.17 bits per heavy atom. The molecule has 0 spiro atoms. The molecule has 1 N–H and O–H groups in total. The first-order chi connectivity index (χ1) is 11.0. The fourth-order valence-corrected chi connectivity index (χ4v) is 2.24. The molecule has 0 aliphatic carbocycles. The SMILES string of the molecule is CCNC(=NCC(C)C(=O)OC)N1CCN(C(=O)OCC)CC1. The number of hydrogen-bond acceptors (Lipinski definition) is 5. The monoisotopic (exact) mass is 328 g/mol. The lowest BCUT2D eigenvalue weighted by Gasteiger charge is -2.36. The van der Waals surface area contributed by atoms with Gasteiger partial charge in [-0.1, -0.05) is 6.92 Å². The second-order valence-corrected chi connectivity index (χ2v) is 5.29. The van der Waals surface area contributed by atoms with Gasteiger partial charge in [-0.05, 0) is 13.8 Å². The van der Waals surface area contributed by atoms with Crippen molar-refractivity contribution in [2.45, 2.75) is 20.8 Å². The largest absolute Gasteiger partial charge is 0.469 e. The zero-order valence-electron chi connectivity index (χ0n) is 14.5. The predicted molar refractivity (Wildman–Crippen MR) is 87.3 cm³/mol. The van der Waals surface area contributed by atoms with Crippen molar-refractivity contribution in [3.8, 4) is 0 Å². The number of ether oxygens (including phenoxy) is 2. The molecule has 8 nitrogen and oxygen atoms in total. The number of piperazine rings is 1. The van der Waals surface area contributed by atoms with Gasteiger partial charge >= 0.3 is 12.1 Å². The van der Waals surface area contributed by atoms with Gasteiger partial charge in [0.25, 0.3) is 0 Å². The zero-order valence-corrected chi connectivity index (χ0v) is 14.5. The van der Waals surface area contributed by atoms with E-state index in [4.69, 9.17) is 9.47 Å². The van der Waals surface area contributed by atoms with Crippen molar-refractivity contribution in [2.75, 3.05) is 53.0 Å². The van der Waals surface area contributed by atoms with E-state index in [0.29, 0.717) is 39.3 Å². The van der Waals surface area contributed by atoms with Gasteiger partial charge in [0, 0.05) is 32.7 Å². The Morgan fingerprint density at radius 3 is 2.30 bits per heavy atom. The van der Waals surface area contributed by atoms with Crippen molar-refractivity contribution >= 4 is 18.0 Å². The average molecular weight is 328 g/mol. The molecule has 8 heteroatoms. The van der Waals surface area contributed by atoms with Crippen molar-refractivity contribution in [3.05, 3.63) is 0 Å². The molecule has 1 aliphatic heterocycles. The summed E-state index contributed by atoms with van der Waals surface area (Å²) >= 11 is 0. The highest BCUT2D eigenvalue weighted by molar-refractivity contribution is 5.81. The number of carbonyl (C=O) groups is 2. The lowest BCUT2D eigenvalue weighted by atomic mass is 10.2. The molecule has 23 heavy (non-hydrogen) atoms. The number of guanidine groups is 1. The normalized spacial score (nSPS) is 16.8. The van der Waals surface area contributed by atoms with Crippen molar-refractivity contribution in [1.82, 2.24) is 15.1 Å². The average Bonchev–Trinajstić information content (AvgIpc) is 2.57. The third kappa shape index (κ3) is 5.96. The van der Waals surface area contributed by atoms with Crippen molar-refractivity contribution in [1.29, 1.82) is 0 Å². The van der Waals surface area contributed by atoms with Crippen LogP contribution in [0.4, 0.5) is 4.79 Å². The summed E-state index contributed by atoms with van der Waals surface area (Å²) < 4.78 is 9.73. The number of methoxy groups -OCH3 is 1. The number of amides is 1. The van der Waals surface area contributed by atoms with Crippen LogP contribution in [-0.2, 0) is 14.3 Å². The molecule has 132 valence electrons. The number of aliphatic imine (C=N–C) groups is 1. The molecule has 0 aromatic rings. The summed E-state index contributed by atoms with van der Waals surface area (Å²) in [5, 5.41) is 3.22. The van der Waals surface area contributed by atoms with E-state index in [2.05, 4.69) is 15.2 Å². The van der Waals surface area contributed by atoms with Gasteiger partial charge in [-0.2, -0.15) is 0 Å². The molecule has 0 radical (unpaired) electrons. The van der Waals surface area contributed by atoms with E-state index in [1.807, 2.05) is 6.92 Å². The molecular formula is C15H28N4O4. The van der Waals surface area contributed by atoms with Gasteiger partial charge in [-0.3, -0.25) is 9.79 Å². The van der Waals surface area contributed by atoms with Gasteiger partial charge in [0.2, 0.25) is 0 Å². The fraction of sp³-hybridized carbons (Fsp3) is 0.800. The smallest absolute Gasteiger partial charge is 0.409 e. The third-order valence-corrected chi connectivity index (χ3v) is 3.56. The van der Waals surface area contributed by atoms with Gasteiger partial charge in [-0.15, -0.1) is 0 Å². The molecule has 1 rings (SSSR count). The fourth-order valence-electron chi connectivity index (χ4n) is 2.24. The Balaban J connectivity index is 2.59. The van der Waals surface area contributed by atoms with Crippen LogP contribution in [0.2, 0.25) is 0 Å². The maximum atomic E-state index is 11.7. The lowest BCUT2D eigenvalue weighted by molar-refractivity contribution is -0.144. The van der Waals surface area contributed by atoms with E-state index in [9.17, 15) is 9.59 Å². The summed E-state index contributed by atoms with van der Waals surface area (Å²) in [6, 6.07) is 0. The molecule has 1 saturated heterocycles. The van der Waals surface area contributed by atoms with Crippen LogP contribution in [0.3, 0.4) is 0 Å². The summed E-state index contributed by atoms with van der Waals surface area (Å²) in [5.41, 5.74) is 0. The van der Waals surface area contributed by atoms with Gasteiger partial charge in [0.05, 0.1) is 26.2 Å². The Labute approximate surface area is 137 Å². The predicted octanol–water partition coefficient (Wildman–Crippen LogP) is 0.535. The van der Waals surface area contributed by atoms with Crippen molar-refractivity contribution < 1.29 is 19.1 Å². The summed E-state index contributed by atoms with van der Waals surface area (Å²) in [5.74, 6) is 0.206. The molecule has 1 heterocycles. The van der Waals surface area contributed by atoms with E-state index >= 15 is 0 Å². The van der Waals surface area contributed by atoms with E-state index in [1.165, 1.54) is 7.11 Å². The van der Waals surface area contributed by atoms with Crippen molar-refractivity contribution in [3.63, 3.8) is 0 Å². The number of carbonyl (C=O) groups excluding carboxylic acids is 2. The van der Waals surface area contributed by atoms with Crippen LogP contribution >= 0.6 is 0 Å². The first kappa shape index (κ1) is 19.1. The Kier molecular flexibility index (Phi) is 8.21. The molecule has 1 aliphatic rings. The Hall–Kier alpha value is -1.99. The maximum absolute atomic E-state index is 11.7.